The molecular weight excluding hydrogens is 268 g/mol. The van der Waals surface area contributed by atoms with E-state index in [2.05, 4.69) is 20.3 Å². The summed E-state index contributed by atoms with van der Waals surface area (Å²) in [5, 5.41) is 18.5. The van der Waals surface area contributed by atoms with Gasteiger partial charge in [-0.3, -0.25) is 0 Å². The van der Waals surface area contributed by atoms with Gasteiger partial charge in [0.15, 0.2) is 0 Å². The average Bonchev–Trinajstić information content (AvgIpc) is 2.94. The standard InChI is InChI=1S/C14H20N6O/c1-11-8-15-13(17-12(11)2)19-6-3-4-14(21,9-19)10-20-7-5-16-18-20/h5,7-8,21H,3-4,6,9-10H2,1-2H3. The van der Waals surface area contributed by atoms with Gasteiger partial charge in [0.25, 0.3) is 0 Å². The molecule has 1 N–H and O–H groups in total. The SMILES string of the molecule is Cc1cnc(N2CCCC(O)(Cn3ccnn3)C2)nc1C. The molecule has 1 atom stereocenters. The van der Waals surface area contributed by atoms with Gasteiger partial charge in [0.05, 0.1) is 19.3 Å². The number of β-amino-alcohol motifs (C(OH)–C–C–N with tert-alkyl or cyclic N) is 1. The summed E-state index contributed by atoms with van der Waals surface area (Å²) in [6, 6.07) is 0. The fourth-order valence-electron chi connectivity index (χ4n) is 2.70. The average molecular weight is 288 g/mol. The summed E-state index contributed by atoms with van der Waals surface area (Å²) in [5.41, 5.74) is 1.23. The van der Waals surface area contributed by atoms with Crippen LogP contribution in [0, 0.1) is 13.8 Å². The van der Waals surface area contributed by atoms with Crippen molar-refractivity contribution in [1.29, 1.82) is 0 Å². The zero-order valence-corrected chi connectivity index (χ0v) is 12.4. The molecule has 0 amide bonds. The van der Waals surface area contributed by atoms with Crippen LogP contribution in [-0.4, -0.2) is 48.8 Å². The van der Waals surface area contributed by atoms with Crippen molar-refractivity contribution >= 4 is 5.95 Å². The lowest BCUT2D eigenvalue weighted by molar-refractivity contribution is 0.00564. The first-order valence-corrected chi connectivity index (χ1v) is 7.17. The van der Waals surface area contributed by atoms with Gasteiger partial charge in [0.2, 0.25) is 5.95 Å². The Balaban J connectivity index is 1.77. The third-order valence-corrected chi connectivity index (χ3v) is 3.98. The molecule has 1 aliphatic rings. The van der Waals surface area contributed by atoms with Gasteiger partial charge >= 0.3 is 0 Å². The molecule has 1 aliphatic heterocycles. The summed E-state index contributed by atoms with van der Waals surface area (Å²) in [5.74, 6) is 0.690. The molecule has 7 nitrogen and oxygen atoms in total. The third-order valence-electron chi connectivity index (χ3n) is 3.98. The van der Waals surface area contributed by atoms with Crippen LogP contribution in [-0.2, 0) is 6.54 Å². The maximum atomic E-state index is 10.8. The summed E-state index contributed by atoms with van der Waals surface area (Å²) < 4.78 is 1.67. The fourth-order valence-corrected chi connectivity index (χ4v) is 2.70. The minimum atomic E-state index is -0.825. The van der Waals surface area contributed by atoms with Gasteiger partial charge in [-0.25, -0.2) is 14.6 Å². The highest BCUT2D eigenvalue weighted by atomic mass is 16.3. The van der Waals surface area contributed by atoms with Gasteiger partial charge in [0.1, 0.15) is 5.60 Å². The van der Waals surface area contributed by atoms with Crippen LogP contribution in [0.25, 0.3) is 0 Å². The van der Waals surface area contributed by atoms with E-state index < -0.39 is 5.60 Å². The number of aromatic nitrogens is 5. The van der Waals surface area contributed by atoms with E-state index in [4.69, 9.17) is 0 Å². The number of aliphatic hydroxyl groups is 1. The van der Waals surface area contributed by atoms with Crippen molar-refractivity contribution in [3.8, 4) is 0 Å². The highest BCUT2D eigenvalue weighted by molar-refractivity contribution is 5.34. The Kier molecular flexibility index (Phi) is 3.59. The Morgan fingerprint density at radius 2 is 2.24 bits per heavy atom. The zero-order chi connectivity index (χ0) is 14.9. The van der Waals surface area contributed by atoms with Gasteiger partial charge in [0, 0.05) is 24.6 Å². The maximum Gasteiger partial charge on any atom is 0.225 e. The Labute approximate surface area is 123 Å². The summed E-state index contributed by atoms with van der Waals surface area (Å²) in [4.78, 5) is 11.0. The van der Waals surface area contributed by atoms with E-state index >= 15 is 0 Å². The maximum absolute atomic E-state index is 10.8. The molecule has 0 aliphatic carbocycles. The highest BCUT2D eigenvalue weighted by Gasteiger charge is 2.35. The molecule has 0 bridgehead atoms. The van der Waals surface area contributed by atoms with Crippen LogP contribution in [0.4, 0.5) is 5.95 Å². The molecule has 3 heterocycles. The van der Waals surface area contributed by atoms with Crippen molar-refractivity contribution in [2.45, 2.75) is 38.8 Å². The van der Waals surface area contributed by atoms with Crippen LogP contribution in [0.1, 0.15) is 24.1 Å². The zero-order valence-electron chi connectivity index (χ0n) is 12.4. The van der Waals surface area contributed by atoms with Gasteiger partial charge in [-0.05, 0) is 32.3 Å². The predicted molar refractivity (Wildman–Crippen MR) is 77.9 cm³/mol. The quantitative estimate of drug-likeness (QED) is 0.896. The molecule has 0 radical (unpaired) electrons. The minimum absolute atomic E-state index is 0.439. The number of piperidine rings is 1. The Morgan fingerprint density at radius 1 is 1.38 bits per heavy atom. The minimum Gasteiger partial charge on any atom is -0.386 e. The molecule has 1 fully saturated rings. The molecular formula is C14H20N6O. The number of anilines is 1. The van der Waals surface area contributed by atoms with E-state index in [1.54, 1.807) is 17.1 Å². The van der Waals surface area contributed by atoms with Crippen LogP contribution in [0.5, 0.6) is 0 Å². The van der Waals surface area contributed by atoms with Crippen molar-refractivity contribution in [3.63, 3.8) is 0 Å². The predicted octanol–water partition coefficient (Wildman–Crippen LogP) is 0.716. The van der Waals surface area contributed by atoms with Gasteiger partial charge in [-0.15, -0.1) is 5.10 Å². The van der Waals surface area contributed by atoms with E-state index in [0.29, 0.717) is 19.0 Å². The first-order chi connectivity index (χ1) is 10.1. The monoisotopic (exact) mass is 288 g/mol. The fraction of sp³-hybridized carbons (Fsp3) is 0.571. The topological polar surface area (TPSA) is 80.0 Å². The van der Waals surface area contributed by atoms with Gasteiger partial charge < -0.3 is 10.0 Å². The van der Waals surface area contributed by atoms with E-state index in [0.717, 1.165) is 30.6 Å². The van der Waals surface area contributed by atoms with E-state index in [1.807, 2.05) is 24.9 Å². The third kappa shape index (κ3) is 3.02. The van der Waals surface area contributed by atoms with Crippen molar-refractivity contribution in [2.24, 2.45) is 0 Å². The van der Waals surface area contributed by atoms with E-state index in [-0.39, 0.29) is 0 Å². The van der Waals surface area contributed by atoms with Crippen LogP contribution in [0.3, 0.4) is 0 Å². The number of aryl methyl sites for hydroxylation is 2. The first-order valence-electron chi connectivity index (χ1n) is 7.17. The van der Waals surface area contributed by atoms with E-state index in [1.165, 1.54) is 0 Å². The Morgan fingerprint density at radius 3 is 2.95 bits per heavy atom. The number of nitrogens with zero attached hydrogens (tertiary/aromatic N) is 6. The summed E-state index contributed by atoms with van der Waals surface area (Å²) in [6.07, 6.45) is 6.87. The summed E-state index contributed by atoms with van der Waals surface area (Å²) >= 11 is 0. The molecule has 112 valence electrons. The van der Waals surface area contributed by atoms with Crippen molar-refractivity contribution in [1.82, 2.24) is 25.0 Å². The molecule has 21 heavy (non-hydrogen) atoms. The normalized spacial score (nSPS) is 22.5. The smallest absolute Gasteiger partial charge is 0.225 e. The second-order valence-corrected chi connectivity index (χ2v) is 5.79. The molecule has 0 saturated carbocycles. The molecule has 2 aromatic heterocycles. The van der Waals surface area contributed by atoms with E-state index in [9.17, 15) is 5.11 Å². The van der Waals surface area contributed by atoms with Gasteiger partial charge in [-0.2, -0.15) is 0 Å². The van der Waals surface area contributed by atoms with Gasteiger partial charge in [-0.1, -0.05) is 5.21 Å². The van der Waals surface area contributed by atoms with Crippen LogP contribution in [0.15, 0.2) is 18.6 Å². The summed E-state index contributed by atoms with van der Waals surface area (Å²) in [7, 11) is 0. The van der Waals surface area contributed by atoms with Crippen molar-refractivity contribution in [3.05, 3.63) is 29.8 Å². The first kappa shape index (κ1) is 13.9. The summed E-state index contributed by atoms with van der Waals surface area (Å²) in [6.45, 7) is 5.79. The highest BCUT2D eigenvalue weighted by Crippen LogP contribution is 2.25. The molecule has 3 rings (SSSR count). The number of hydrogen-bond acceptors (Lipinski definition) is 6. The molecule has 0 spiro atoms. The Bertz CT molecular complexity index is 614. The lowest BCUT2D eigenvalue weighted by Gasteiger charge is -2.39. The molecule has 0 aromatic carbocycles. The second kappa shape index (κ2) is 5.40. The second-order valence-electron chi connectivity index (χ2n) is 5.79. The number of hydrogen-bond donors (Lipinski definition) is 1. The van der Waals surface area contributed by atoms with Crippen LogP contribution < -0.4 is 4.90 Å². The molecule has 1 saturated heterocycles. The van der Waals surface area contributed by atoms with Crippen LogP contribution >= 0.6 is 0 Å². The molecule has 2 aromatic rings. The lowest BCUT2D eigenvalue weighted by Crippen LogP contribution is -2.51. The molecule has 1 unspecified atom stereocenters. The lowest BCUT2D eigenvalue weighted by atomic mass is 9.93. The van der Waals surface area contributed by atoms with Crippen molar-refractivity contribution < 1.29 is 5.11 Å². The van der Waals surface area contributed by atoms with Crippen molar-refractivity contribution in [2.75, 3.05) is 18.0 Å². The largest absolute Gasteiger partial charge is 0.386 e. The van der Waals surface area contributed by atoms with Crippen LogP contribution in [0.2, 0.25) is 0 Å². The number of rotatable bonds is 3. The molecule has 7 heteroatoms. The Hall–Kier alpha value is -2.02.